The van der Waals surface area contributed by atoms with Crippen molar-refractivity contribution in [3.8, 4) is 0 Å². The molecule has 0 unspecified atom stereocenters. The summed E-state index contributed by atoms with van der Waals surface area (Å²) in [6.07, 6.45) is -0.333. The van der Waals surface area contributed by atoms with Crippen LogP contribution >= 0.6 is 0 Å². The Morgan fingerprint density at radius 3 is 2.45 bits per heavy atom. The van der Waals surface area contributed by atoms with Crippen molar-refractivity contribution in [3.63, 3.8) is 0 Å². The Kier molecular flexibility index (Phi) is 6.53. The van der Waals surface area contributed by atoms with Gasteiger partial charge < -0.3 is 15.0 Å². The van der Waals surface area contributed by atoms with E-state index in [1.165, 1.54) is 20.8 Å². The molecule has 31 heavy (non-hydrogen) atoms. The summed E-state index contributed by atoms with van der Waals surface area (Å²) in [7, 11) is 0. The second-order valence-corrected chi connectivity index (χ2v) is 7.77. The maximum Gasteiger partial charge on any atom is 0.329 e. The highest BCUT2D eigenvalue weighted by Crippen LogP contribution is 2.29. The molecule has 0 saturated carbocycles. The molecule has 7 heteroatoms. The van der Waals surface area contributed by atoms with Gasteiger partial charge in [-0.15, -0.1) is 0 Å². The zero-order valence-corrected chi connectivity index (χ0v) is 18.1. The first-order valence-electron chi connectivity index (χ1n) is 10.2. The second kappa shape index (κ2) is 9.12. The first kappa shape index (κ1) is 22.2. The molecule has 2 aromatic carbocycles. The number of fused-ring (bicyclic) bond motifs is 1. The van der Waals surface area contributed by atoms with Gasteiger partial charge in [0.05, 0.1) is 0 Å². The largest absolute Gasteiger partial charge is 0.453 e. The number of rotatable bonds is 6. The van der Waals surface area contributed by atoms with E-state index in [1.54, 1.807) is 41.3 Å². The Hall–Kier alpha value is -3.48. The number of anilines is 1. The Bertz CT molecular complexity index is 1050. The van der Waals surface area contributed by atoms with Crippen LogP contribution in [0.15, 0.2) is 42.5 Å². The van der Waals surface area contributed by atoms with Crippen LogP contribution in [0.2, 0.25) is 0 Å². The molecule has 0 aromatic heterocycles. The number of amides is 2. The molecule has 1 N–H and O–H groups in total. The van der Waals surface area contributed by atoms with Gasteiger partial charge in [-0.3, -0.25) is 14.4 Å². The normalized spacial score (nSPS) is 14.4. The number of hydrogen-bond acceptors (Lipinski definition) is 5. The van der Waals surface area contributed by atoms with Gasteiger partial charge in [0.1, 0.15) is 6.04 Å². The number of carbonyl (C=O) groups is 4. The van der Waals surface area contributed by atoms with E-state index in [0.29, 0.717) is 24.1 Å². The van der Waals surface area contributed by atoms with Crippen molar-refractivity contribution in [2.24, 2.45) is 0 Å². The molecule has 3 rings (SSSR count). The summed E-state index contributed by atoms with van der Waals surface area (Å²) in [5.41, 5.74) is 3.52. The van der Waals surface area contributed by atoms with E-state index in [4.69, 9.17) is 4.74 Å². The quantitative estimate of drug-likeness (QED) is 0.571. The van der Waals surface area contributed by atoms with E-state index in [0.717, 1.165) is 16.8 Å². The van der Waals surface area contributed by atoms with Gasteiger partial charge in [0.15, 0.2) is 6.10 Å². The standard InChI is InChI=1S/C24H26N2O5/c1-14-6-5-7-20(12-14)23(29)25-15(2)24(30)31-16(3)22(28)19-8-9-21-18(13-19)10-11-26(21)17(4)27/h5-9,12-13,15-16H,10-11H2,1-4H3,(H,25,29)/t15-,16-/m0/s1. The third-order valence-corrected chi connectivity index (χ3v) is 5.28. The number of nitrogens with one attached hydrogen (secondary N) is 1. The molecular formula is C24H26N2O5. The summed E-state index contributed by atoms with van der Waals surface area (Å²) in [6, 6.07) is 11.2. The average molecular weight is 422 g/mol. The van der Waals surface area contributed by atoms with Crippen LogP contribution < -0.4 is 10.2 Å². The van der Waals surface area contributed by atoms with Crippen molar-refractivity contribution < 1.29 is 23.9 Å². The number of ketones is 1. The van der Waals surface area contributed by atoms with Crippen LogP contribution in [0.5, 0.6) is 0 Å². The van der Waals surface area contributed by atoms with Gasteiger partial charge in [-0.2, -0.15) is 0 Å². The van der Waals surface area contributed by atoms with Gasteiger partial charge in [-0.05, 0) is 63.1 Å². The molecular weight excluding hydrogens is 396 g/mol. The van der Waals surface area contributed by atoms with Crippen LogP contribution in [0, 0.1) is 6.92 Å². The highest BCUT2D eigenvalue weighted by molar-refractivity contribution is 6.02. The van der Waals surface area contributed by atoms with Crippen molar-refractivity contribution in [1.29, 1.82) is 0 Å². The SMILES string of the molecule is CC(=O)N1CCc2cc(C(=O)[C@H](C)OC(=O)[C@H](C)NC(=O)c3cccc(C)c3)ccc21. The van der Waals surface area contributed by atoms with Gasteiger partial charge in [-0.25, -0.2) is 4.79 Å². The van der Waals surface area contributed by atoms with Crippen LogP contribution in [-0.2, 0) is 20.7 Å². The molecule has 0 radical (unpaired) electrons. The van der Waals surface area contributed by atoms with Crippen molar-refractivity contribution >= 4 is 29.3 Å². The third-order valence-electron chi connectivity index (χ3n) is 5.28. The molecule has 1 aliphatic rings. The Morgan fingerprint density at radius 2 is 1.77 bits per heavy atom. The van der Waals surface area contributed by atoms with Gasteiger partial charge in [0.25, 0.3) is 5.91 Å². The van der Waals surface area contributed by atoms with Crippen LogP contribution in [0.4, 0.5) is 5.69 Å². The summed E-state index contributed by atoms with van der Waals surface area (Å²) >= 11 is 0. The molecule has 2 aromatic rings. The topological polar surface area (TPSA) is 92.8 Å². The summed E-state index contributed by atoms with van der Waals surface area (Å²) < 4.78 is 5.30. The number of benzene rings is 2. The fourth-order valence-corrected chi connectivity index (χ4v) is 3.57. The number of hydrogen-bond donors (Lipinski definition) is 1. The minimum absolute atomic E-state index is 0.0400. The first-order chi connectivity index (χ1) is 14.7. The molecule has 162 valence electrons. The lowest BCUT2D eigenvalue weighted by atomic mass is 10.0. The summed E-state index contributed by atoms with van der Waals surface area (Å²) in [6.45, 7) is 6.99. The molecule has 7 nitrogen and oxygen atoms in total. The van der Waals surface area contributed by atoms with Gasteiger partial charge in [-0.1, -0.05) is 17.7 Å². The van der Waals surface area contributed by atoms with Crippen molar-refractivity contribution in [3.05, 3.63) is 64.7 Å². The van der Waals surface area contributed by atoms with E-state index < -0.39 is 18.1 Å². The predicted molar refractivity (Wildman–Crippen MR) is 116 cm³/mol. The summed E-state index contributed by atoms with van der Waals surface area (Å²) in [5.74, 6) is -1.46. The zero-order valence-electron chi connectivity index (χ0n) is 18.1. The second-order valence-electron chi connectivity index (χ2n) is 7.77. The molecule has 1 heterocycles. The average Bonchev–Trinajstić information content (AvgIpc) is 3.16. The van der Waals surface area contributed by atoms with Crippen LogP contribution in [-0.4, -0.2) is 42.3 Å². The van der Waals surface area contributed by atoms with E-state index >= 15 is 0 Å². The number of aryl methyl sites for hydroxylation is 1. The molecule has 2 amide bonds. The van der Waals surface area contributed by atoms with Gasteiger partial charge in [0.2, 0.25) is 11.7 Å². The minimum Gasteiger partial charge on any atom is -0.453 e. The van der Waals surface area contributed by atoms with Crippen LogP contribution in [0.3, 0.4) is 0 Å². The molecule has 0 saturated heterocycles. The third kappa shape index (κ3) is 4.99. The van der Waals surface area contributed by atoms with Crippen molar-refractivity contribution in [2.45, 2.75) is 46.3 Å². The van der Waals surface area contributed by atoms with Crippen molar-refractivity contribution in [1.82, 2.24) is 5.32 Å². The summed E-state index contributed by atoms with van der Waals surface area (Å²) in [5, 5.41) is 2.59. The van der Waals surface area contributed by atoms with Crippen LogP contribution in [0.25, 0.3) is 0 Å². The molecule has 0 bridgehead atoms. The first-order valence-corrected chi connectivity index (χ1v) is 10.2. The zero-order chi connectivity index (χ0) is 22.7. The highest BCUT2D eigenvalue weighted by Gasteiger charge is 2.27. The van der Waals surface area contributed by atoms with E-state index in [1.807, 2.05) is 13.0 Å². The monoisotopic (exact) mass is 422 g/mol. The molecule has 0 spiro atoms. The maximum atomic E-state index is 12.8. The predicted octanol–water partition coefficient (Wildman–Crippen LogP) is 2.84. The van der Waals surface area contributed by atoms with Gasteiger partial charge >= 0.3 is 5.97 Å². The molecule has 0 aliphatic carbocycles. The minimum atomic E-state index is -1.01. The highest BCUT2D eigenvalue weighted by atomic mass is 16.5. The number of nitrogens with zero attached hydrogens (tertiary/aromatic N) is 1. The lowest BCUT2D eigenvalue weighted by Gasteiger charge is -2.18. The van der Waals surface area contributed by atoms with Crippen LogP contribution in [0.1, 0.15) is 52.6 Å². The fraction of sp³-hybridized carbons (Fsp3) is 0.333. The summed E-state index contributed by atoms with van der Waals surface area (Å²) in [4.78, 5) is 50.8. The Morgan fingerprint density at radius 1 is 1.03 bits per heavy atom. The van der Waals surface area contributed by atoms with Crippen molar-refractivity contribution in [2.75, 3.05) is 11.4 Å². The van der Waals surface area contributed by atoms with E-state index in [-0.39, 0.29) is 17.6 Å². The lowest BCUT2D eigenvalue weighted by molar-refractivity contribution is -0.148. The fourth-order valence-electron chi connectivity index (χ4n) is 3.57. The Balaban J connectivity index is 1.61. The number of Topliss-reactive ketones (excluding diaryl/α,β-unsaturated/α-hetero) is 1. The molecule has 0 fully saturated rings. The van der Waals surface area contributed by atoms with Gasteiger partial charge in [0, 0.05) is 30.3 Å². The van der Waals surface area contributed by atoms with E-state index in [2.05, 4.69) is 5.32 Å². The van der Waals surface area contributed by atoms with E-state index in [9.17, 15) is 19.2 Å². The number of ether oxygens (including phenoxy) is 1. The molecule has 1 aliphatic heterocycles. The maximum absolute atomic E-state index is 12.8. The lowest BCUT2D eigenvalue weighted by Crippen LogP contribution is -2.41. The number of esters is 1. The smallest absolute Gasteiger partial charge is 0.329 e. The Labute approximate surface area is 181 Å². The number of carbonyl (C=O) groups excluding carboxylic acids is 4. The molecule has 2 atom stereocenters.